The zero-order valence-electron chi connectivity index (χ0n) is 48.3. The Labute approximate surface area is 514 Å². The number of aryl methyl sites for hydroxylation is 2. The number of rotatable bonds is 30. The van der Waals surface area contributed by atoms with E-state index in [1.54, 1.807) is 81.4 Å². The van der Waals surface area contributed by atoms with Gasteiger partial charge in [0.1, 0.15) is 61.3 Å². The number of carbonyl (C=O) groups is 6. The van der Waals surface area contributed by atoms with Gasteiger partial charge in [-0.1, -0.05) is 34.6 Å². The Kier molecular flexibility index (Phi) is 20.0. The van der Waals surface area contributed by atoms with Gasteiger partial charge in [-0.25, -0.2) is 19.6 Å². The number of carbonyl (C=O) groups excluding carboxylic acids is 4. The molecule has 476 valence electrons. The van der Waals surface area contributed by atoms with Gasteiger partial charge >= 0.3 is 22.3 Å². The molecule has 8 rings (SSSR count). The van der Waals surface area contributed by atoms with Crippen molar-refractivity contribution in [2.75, 3.05) is 37.8 Å². The van der Waals surface area contributed by atoms with E-state index < -0.39 is 118 Å². The number of aliphatic hydroxyl groups is 2. The summed E-state index contributed by atoms with van der Waals surface area (Å²) in [6.07, 6.45) is 2.21. The van der Waals surface area contributed by atoms with E-state index in [4.69, 9.17) is 50.7 Å². The number of carboxylic acid groups (broad SMARTS) is 2. The number of aromatic nitrogens is 6. The summed E-state index contributed by atoms with van der Waals surface area (Å²) in [7, 11) is -1.78. The highest BCUT2D eigenvalue weighted by atomic mass is 32.3. The summed E-state index contributed by atoms with van der Waals surface area (Å²) in [5, 5.41) is 55.6. The number of oxime groups is 2. The molecule has 0 bridgehead atoms. The Morgan fingerprint density at radius 1 is 0.652 bits per heavy atom. The molecule has 2 fully saturated rings. The molecule has 0 aliphatic carbocycles. The maximum atomic E-state index is 13.9. The van der Waals surface area contributed by atoms with E-state index in [2.05, 4.69) is 30.9 Å². The number of nitrogens with two attached hydrogens (primary N) is 4. The zero-order chi connectivity index (χ0) is 64.9. The topological polar surface area (TPSA) is 476 Å². The fraction of sp³-hybridized carbons (Fsp3) is 0.385. The van der Waals surface area contributed by atoms with E-state index in [1.807, 2.05) is 24.8 Å². The Bertz CT molecular complexity index is 3560. The first-order valence-electron chi connectivity index (χ1n) is 26.6. The summed E-state index contributed by atoms with van der Waals surface area (Å²) in [6.45, 7) is 4.69. The number of thiazole rings is 2. The first-order chi connectivity index (χ1) is 42.0. The molecule has 34 nitrogen and oxygen atoms in total. The number of aliphatic hydroxyl groups excluding tert-OH is 2. The molecule has 6 atom stereocenters. The van der Waals surface area contributed by atoms with Crippen LogP contribution in [-0.2, 0) is 84.6 Å². The average molecular weight is 1300 g/mol. The maximum absolute atomic E-state index is 13.9. The molecule has 0 spiro atoms. The fourth-order valence-corrected chi connectivity index (χ4v) is 10.8. The molecule has 2 aliphatic rings. The standard InChI is InChI=1S/C52H62N16O18S3/c1-51(2)41(59-43(71)39(35-25-87-49(55)57-35)61-83-37(47(75)76)23-81-33-11-7-27(8-12-33)29-17-63(5)65(19-29)21-31(69)15-53)45(73)67(51)85-89(79,80)86-68-46(74)42(52(68,3)4)60-44(72)40(36-26-88-50(56)58-36)62-84-38(48(77)78)24-82-34-13-9-28(10-14-34)30-18-64(6)66(20-30)22-32(70)16-54/h7-14,17-20,25-26,31-32,37-38,41-42,69-70H,15-16,21-24,53-54H2,1-6H3,(H6-2,55,56,57,58,59,60,71,72,75,76,77,78)/p+2/b61-39-,62-40-/t31?,32?,37-,38-,41+,42+/m0/s1. The molecule has 6 heterocycles. The third kappa shape index (κ3) is 15.2. The summed E-state index contributed by atoms with van der Waals surface area (Å²) in [5.41, 5.74) is 20.9. The second kappa shape index (κ2) is 27.0. The molecular formula is C52H64N16O18S3+2. The monoisotopic (exact) mass is 1300 g/mol. The minimum atomic E-state index is -5.38. The Hall–Kier alpha value is -9.21. The van der Waals surface area contributed by atoms with Gasteiger partial charge in [-0.05, 0) is 63.1 Å². The zero-order valence-corrected chi connectivity index (χ0v) is 50.7. The Morgan fingerprint density at radius 2 is 1.01 bits per heavy atom. The minimum absolute atomic E-state index is 0.0256. The molecule has 2 saturated heterocycles. The van der Waals surface area contributed by atoms with Crippen LogP contribution >= 0.6 is 22.7 Å². The second-order valence-electron chi connectivity index (χ2n) is 21.1. The van der Waals surface area contributed by atoms with Gasteiger partial charge in [-0.2, -0.15) is 27.9 Å². The predicted molar refractivity (Wildman–Crippen MR) is 311 cm³/mol. The molecule has 4 amide bonds. The number of hydrogen-bond donors (Lipinski definition) is 10. The van der Waals surface area contributed by atoms with E-state index in [1.165, 1.54) is 38.5 Å². The molecular weight excluding hydrogens is 1230 g/mol. The fourth-order valence-electron chi connectivity index (χ4n) is 8.77. The first kappa shape index (κ1) is 65.8. The van der Waals surface area contributed by atoms with Crippen LogP contribution in [-0.4, -0.2) is 179 Å². The van der Waals surface area contributed by atoms with E-state index in [0.29, 0.717) is 10.1 Å². The van der Waals surface area contributed by atoms with Crippen LogP contribution in [0.1, 0.15) is 39.1 Å². The minimum Gasteiger partial charge on any atom is -0.489 e. The number of aliphatic carboxylic acids is 2. The second-order valence-corrected chi connectivity index (χ2v) is 24.0. The molecule has 2 aliphatic heterocycles. The smallest absolute Gasteiger partial charge is 0.442 e. The number of ether oxygens (including phenoxy) is 2. The molecule has 2 unspecified atom stereocenters. The van der Waals surface area contributed by atoms with Crippen LogP contribution in [0.15, 0.2) is 94.4 Å². The quantitative estimate of drug-likeness (QED) is 0.00965. The number of nitrogen functional groups attached to an aromatic ring is 2. The van der Waals surface area contributed by atoms with Crippen molar-refractivity contribution in [1.29, 1.82) is 0 Å². The number of nitrogens with zero attached hydrogens (tertiary/aromatic N) is 10. The van der Waals surface area contributed by atoms with E-state index in [9.17, 15) is 57.6 Å². The molecule has 89 heavy (non-hydrogen) atoms. The number of carboxylic acids is 2. The number of nitrogens with one attached hydrogen (secondary N) is 2. The van der Waals surface area contributed by atoms with E-state index in [0.717, 1.165) is 44.9 Å². The van der Waals surface area contributed by atoms with Crippen LogP contribution < -0.4 is 52.4 Å². The summed E-state index contributed by atoms with van der Waals surface area (Å²) < 4.78 is 55.4. The van der Waals surface area contributed by atoms with Crippen molar-refractivity contribution in [2.24, 2.45) is 35.9 Å². The Morgan fingerprint density at radius 3 is 1.31 bits per heavy atom. The van der Waals surface area contributed by atoms with Crippen LogP contribution in [0.4, 0.5) is 10.3 Å². The van der Waals surface area contributed by atoms with Gasteiger partial charge in [-0.3, -0.25) is 19.2 Å². The molecule has 4 aromatic heterocycles. The molecule has 37 heteroatoms. The third-order valence-electron chi connectivity index (χ3n) is 13.8. The summed E-state index contributed by atoms with van der Waals surface area (Å²) >= 11 is 1.78. The number of benzene rings is 2. The van der Waals surface area contributed by atoms with Crippen molar-refractivity contribution in [2.45, 2.75) is 88.4 Å². The highest BCUT2D eigenvalue weighted by Crippen LogP contribution is 2.37. The Balaban J connectivity index is 0.860. The van der Waals surface area contributed by atoms with Crippen molar-refractivity contribution < 1.29 is 94.7 Å². The van der Waals surface area contributed by atoms with E-state index >= 15 is 0 Å². The van der Waals surface area contributed by atoms with Crippen LogP contribution in [0.25, 0.3) is 22.3 Å². The molecule has 0 saturated carbocycles. The highest BCUT2D eigenvalue weighted by molar-refractivity contribution is 7.81. The van der Waals surface area contributed by atoms with Crippen LogP contribution in [0.2, 0.25) is 0 Å². The van der Waals surface area contributed by atoms with Gasteiger partial charge < -0.3 is 73.1 Å². The van der Waals surface area contributed by atoms with Crippen molar-refractivity contribution in [3.63, 3.8) is 0 Å². The highest BCUT2D eigenvalue weighted by Gasteiger charge is 2.61. The number of anilines is 2. The lowest BCUT2D eigenvalue weighted by molar-refractivity contribution is -0.754. The normalized spacial score (nSPS) is 17.8. The van der Waals surface area contributed by atoms with Gasteiger partial charge in [0.15, 0.2) is 35.8 Å². The van der Waals surface area contributed by atoms with Crippen molar-refractivity contribution >= 4 is 90.3 Å². The van der Waals surface area contributed by atoms with Gasteiger partial charge in [0.05, 0.1) is 46.8 Å². The van der Waals surface area contributed by atoms with Gasteiger partial charge in [0, 0.05) is 23.8 Å². The summed E-state index contributed by atoms with van der Waals surface area (Å²) in [5.74, 6) is -7.15. The molecule has 14 N–H and O–H groups in total. The number of hydroxylamine groups is 4. The maximum Gasteiger partial charge on any atom is 0.442 e. The van der Waals surface area contributed by atoms with Crippen LogP contribution in [0.3, 0.4) is 0 Å². The lowest BCUT2D eigenvalue weighted by Crippen LogP contribution is -2.78. The average Bonchev–Trinajstić information content (AvgIpc) is 1.25. The lowest BCUT2D eigenvalue weighted by Gasteiger charge is -2.52. The predicted octanol–water partition coefficient (Wildman–Crippen LogP) is -2.49. The summed E-state index contributed by atoms with van der Waals surface area (Å²) in [4.78, 5) is 98.2. The van der Waals surface area contributed by atoms with Crippen molar-refractivity contribution in [1.82, 2.24) is 40.1 Å². The number of hydrogen-bond acceptors (Lipinski definition) is 26. The molecule has 0 radical (unpaired) electrons. The summed E-state index contributed by atoms with van der Waals surface area (Å²) in [6, 6.07) is 10.2. The molecule has 6 aromatic rings. The lowest BCUT2D eigenvalue weighted by atomic mass is 9.84. The van der Waals surface area contributed by atoms with Crippen LogP contribution in [0.5, 0.6) is 11.5 Å². The SMILES string of the molecule is C[n+]1cc(-c2ccc(OC[C@H](O/N=C(\C(=O)N[C@@H]3C(=O)N(OS(=O)(=O)ON4C(=O)[C@@H](NC(=O)/C(=N\O[C@@H](COc5ccc(-c6cn(CC(O)CN)[n+](C)c6)cc5)C(=O)O)c5csc(N)n5)C4(C)C)C3(C)C)c3csc(N)n3)C(=O)O)cc2)cn1CC(O)CN. The van der Waals surface area contributed by atoms with E-state index in [-0.39, 0.29) is 59.3 Å². The first-order valence-corrected chi connectivity index (χ1v) is 29.7. The van der Waals surface area contributed by atoms with Gasteiger partial charge in [0.2, 0.25) is 12.4 Å². The number of β-lactam (4-membered cyclic amide) rings is 2. The van der Waals surface area contributed by atoms with Crippen LogP contribution in [0, 0.1) is 0 Å². The largest absolute Gasteiger partial charge is 0.489 e. The molecule has 2 aromatic carbocycles. The number of amides is 4. The van der Waals surface area contributed by atoms with Gasteiger partial charge in [0.25, 0.3) is 35.8 Å². The van der Waals surface area contributed by atoms with Gasteiger partial charge in [-0.15, -0.1) is 40.6 Å². The van der Waals surface area contributed by atoms with Crippen molar-refractivity contribution in [3.8, 4) is 33.8 Å². The third-order valence-corrected chi connectivity index (χ3v) is 15.9. The van der Waals surface area contributed by atoms with Crippen molar-refractivity contribution in [3.05, 3.63) is 95.5 Å².